The van der Waals surface area contributed by atoms with Crippen molar-refractivity contribution in [2.24, 2.45) is 10.3 Å². The van der Waals surface area contributed by atoms with Gasteiger partial charge in [-0.15, -0.1) is 10.2 Å². The Morgan fingerprint density at radius 3 is 2.30 bits per heavy atom. The summed E-state index contributed by atoms with van der Waals surface area (Å²) in [5.74, 6) is -0.184. The van der Waals surface area contributed by atoms with E-state index in [4.69, 9.17) is 16.0 Å². The van der Waals surface area contributed by atoms with E-state index < -0.39 is 29.8 Å². The molecule has 4 aromatic rings. The molecule has 0 radical (unpaired) electrons. The minimum absolute atomic E-state index is 0.172. The van der Waals surface area contributed by atoms with Crippen LogP contribution < -0.4 is 16.0 Å². The second-order valence-electron chi connectivity index (χ2n) is 6.30. The molecule has 0 fully saturated rings. The lowest BCUT2D eigenvalue weighted by molar-refractivity contribution is 0.584. The first kappa shape index (κ1) is 20.3. The van der Waals surface area contributed by atoms with E-state index in [1.807, 2.05) is 6.92 Å². The zero-order valence-corrected chi connectivity index (χ0v) is 17.6. The van der Waals surface area contributed by atoms with Crippen LogP contribution >= 0.6 is 11.3 Å². The molecule has 0 saturated heterocycles. The van der Waals surface area contributed by atoms with E-state index >= 15 is 0 Å². The van der Waals surface area contributed by atoms with Crippen molar-refractivity contribution in [3.05, 3.63) is 29.8 Å². The van der Waals surface area contributed by atoms with Crippen LogP contribution in [0.5, 0.6) is 0 Å². The highest BCUT2D eigenvalue weighted by atomic mass is 32.2. The summed E-state index contributed by atoms with van der Waals surface area (Å²) >= 11 is 1.27. The number of primary sulfonamides is 2. The van der Waals surface area contributed by atoms with Crippen LogP contribution in [0.2, 0.25) is 0 Å². The number of nitrogens with two attached hydrogens (primary N) is 3. The highest BCUT2D eigenvalue weighted by Crippen LogP contribution is 2.42. The molecule has 0 aliphatic rings. The molecule has 0 spiro atoms. The number of nitrogen functional groups attached to an aromatic ring is 1. The molecule has 30 heavy (non-hydrogen) atoms. The van der Waals surface area contributed by atoms with E-state index in [-0.39, 0.29) is 17.0 Å². The summed E-state index contributed by atoms with van der Waals surface area (Å²) in [5, 5.41) is 24.2. The maximum atomic E-state index is 12.5. The highest BCUT2D eigenvalue weighted by molar-refractivity contribution is 7.92. The van der Waals surface area contributed by atoms with Gasteiger partial charge in [-0.3, -0.25) is 0 Å². The van der Waals surface area contributed by atoms with Crippen molar-refractivity contribution < 1.29 is 16.8 Å². The molecule has 0 aliphatic heterocycles. The van der Waals surface area contributed by atoms with Gasteiger partial charge < -0.3 is 5.73 Å². The van der Waals surface area contributed by atoms with E-state index in [0.29, 0.717) is 16.2 Å². The van der Waals surface area contributed by atoms with Gasteiger partial charge in [-0.25, -0.2) is 32.1 Å². The average molecular weight is 467 g/mol. The molecule has 15 heteroatoms. The summed E-state index contributed by atoms with van der Waals surface area (Å²) in [5.41, 5.74) is 7.87. The smallest absolute Gasteiger partial charge is 0.240 e. The van der Waals surface area contributed by atoms with E-state index in [0.717, 1.165) is 16.3 Å². The van der Waals surface area contributed by atoms with Crippen molar-refractivity contribution >= 4 is 46.7 Å². The Balaban J connectivity index is 2.23. The summed E-state index contributed by atoms with van der Waals surface area (Å²) in [6.45, 7) is 1.88. The number of thiazole rings is 1. The Bertz CT molecular complexity index is 1510. The highest BCUT2D eigenvalue weighted by Gasteiger charge is 2.31. The predicted molar refractivity (Wildman–Crippen MR) is 110 cm³/mol. The Kier molecular flexibility index (Phi) is 4.59. The minimum Gasteiger partial charge on any atom is -0.375 e. The molecule has 156 valence electrons. The van der Waals surface area contributed by atoms with Crippen molar-refractivity contribution in [1.29, 1.82) is 0 Å². The van der Waals surface area contributed by atoms with Gasteiger partial charge in [0.2, 0.25) is 25.9 Å². The fourth-order valence-corrected chi connectivity index (χ4v) is 6.13. The number of nitrogens with one attached hydrogen (secondary N) is 1. The third kappa shape index (κ3) is 3.31. The molecule has 12 nitrogen and oxygen atoms in total. The average Bonchev–Trinajstić information content (AvgIpc) is 3.29. The summed E-state index contributed by atoms with van der Waals surface area (Å²) in [4.78, 5) is 2.92. The number of benzene rings is 2. The number of H-pyrrole nitrogens is 1. The Hall–Kier alpha value is -2.98. The lowest BCUT2D eigenvalue weighted by atomic mass is 9.97. The molecule has 0 bridgehead atoms. The molecule has 2 aromatic carbocycles. The Labute approximate surface area is 174 Å². The van der Waals surface area contributed by atoms with Crippen LogP contribution in [0.3, 0.4) is 0 Å². The van der Waals surface area contributed by atoms with Gasteiger partial charge in [0.25, 0.3) is 0 Å². The fraction of sp³-hybridized carbons (Fsp3) is 0.0667. The third-order valence-electron chi connectivity index (χ3n) is 4.33. The topological polar surface area (TPSA) is 214 Å². The zero-order valence-electron chi connectivity index (χ0n) is 15.2. The maximum absolute atomic E-state index is 12.5. The maximum Gasteiger partial charge on any atom is 0.240 e. The van der Waals surface area contributed by atoms with Crippen LogP contribution in [-0.4, -0.2) is 42.4 Å². The van der Waals surface area contributed by atoms with Crippen LogP contribution in [-0.2, 0) is 20.0 Å². The molecule has 0 atom stereocenters. The van der Waals surface area contributed by atoms with Gasteiger partial charge in [-0.2, -0.15) is 5.21 Å². The second kappa shape index (κ2) is 6.78. The SMILES string of the molecule is Cc1ccc(-c2ccc(S(N)(=O)=O)c(S(N)(=O)=O)c2-c2nn[nH]n2)c2nc(N)sc12. The normalized spacial score (nSPS) is 12.5. The quantitative estimate of drug-likeness (QED) is 0.325. The van der Waals surface area contributed by atoms with Crippen molar-refractivity contribution in [3.63, 3.8) is 0 Å². The first-order chi connectivity index (χ1) is 14.0. The van der Waals surface area contributed by atoms with Crippen LogP contribution in [0.15, 0.2) is 34.1 Å². The lowest BCUT2D eigenvalue weighted by Crippen LogP contribution is -2.22. The molecule has 2 aromatic heterocycles. The van der Waals surface area contributed by atoms with Crippen molar-refractivity contribution in [1.82, 2.24) is 25.6 Å². The van der Waals surface area contributed by atoms with Crippen molar-refractivity contribution in [3.8, 4) is 22.5 Å². The summed E-state index contributed by atoms with van der Waals surface area (Å²) in [6.07, 6.45) is 0. The number of hydrogen-bond donors (Lipinski definition) is 4. The Morgan fingerprint density at radius 2 is 1.70 bits per heavy atom. The molecule has 0 amide bonds. The van der Waals surface area contributed by atoms with Gasteiger partial charge >= 0.3 is 0 Å². The van der Waals surface area contributed by atoms with E-state index in [2.05, 4.69) is 25.6 Å². The van der Waals surface area contributed by atoms with Crippen molar-refractivity contribution in [2.75, 3.05) is 5.73 Å². The van der Waals surface area contributed by atoms with Crippen LogP contribution in [0.4, 0.5) is 5.13 Å². The number of anilines is 1. The second-order valence-corrected chi connectivity index (χ2v) is 10.4. The lowest BCUT2D eigenvalue weighted by Gasteiger charge is -2.15. The molecular formula is C15H14N8O4S3. The first-order valence-corrected chi connectivity index (χ1v) is 12.0. The van der Waals surface area contributed by atoms with E-state index in [9.17, 15) is 16.8 Å². The molecule has 0 aliphatic carbocycles. The molecular weight excluding hydrogens is 452 g/mol. The Morgan fingerprint density at radius 1 is 1.00 bits per heavy atom. The number of fused-ring (bicyclic) bond motifs is 1. The van der Waals surface area contributed by atoms with Gasteiger partial charge in [0.05, 0.1) is 15.8 Å². The van der Waals surface area contributed by atoms with Gasteiger partial charge in [0.1, 0.15) is 9.79 Å². The number of aryl methyl sites for hydroxylation is 1. The number of nitrogens with zero attached hydrogens (tertiary/aromatic N) is 4. The van der Waals surface area contributed by atoms with Crippen LogP contribution in [0, 0.1) is 6.92 Å². The summed E-state index contributed by atoms with van der Waals surface area (Å²) < 4.78 is 49.9. The number of rotatable bonds is 4. The predicted octanol–water partition coefficient (Wildman–Crippen LogP) is 0.329. The minimum atomic E-state index is -4.58. The van der Waals surface area contributed by atoms with Gasteiger partial charge in [-0.1, -0.05) is 29.5 Å². The molecule has 7 N–H and O–H groups in total. The van der Waals surface area contributed by atoms with E-state index in [1.54, 1.807) is 12.1 Å². The van der Waals surface area contributed by atoms with E-state index in [1.165, 1.54) is 17.4 Å². The summed E-state index contributed by atoms with van der Waals surface area (Å²) in [7, 11) is -9.04. The summed E-state index contributed by atoms with van der Waals surface area (Å²) in [6, 6.07) is 5.97. The number of aromatic amines is 1. The number of aromatic nitrogens is 5. The van der Waals surface area contributed by atoms with Crippen molar-refractivity contribution in [2.45, 2.75) is 16.7 Å². The monoisotopic (exact) mass is 466 g/mol. The van der Waals surface area contributed by atoms with Crippen LogP contribution in [0.25, 0.3) is 32.7 Å². The number of sulfonamides is 2. The standard InChI is InChI=1S/C15H14N8O4S3/c1-6-2-3-8(11-12(6)28-15(16)19-11)7-4-5-9(29(17,24)25)13(30(18,26)27)10(7)14-20-22-23-21-14/h2-5H,1H3,(H2,16,19)(H2,17,24,25)(H2,18,26,27)(H,20,21,22,23). The fourth-order valence-electron chi connectivity index (χ4n) is 3.15. The molecule has 4 rings (SSSR count). The van der Waals surface area contributed by atoms with Gasteiger partial charge in [0, 0.05) is 5.56 Å². The number of hydrogen-bond acceptors (Lipinski definition) is 10. The van der Waals surface area contributed by atoms with Crippen LogP contribution in [0.1, 0.15) is 5.56 Å². The number of tetrazole rings is 1. The zero-order chi connectivity index (χ0) is 21.8. The molecule has 0 saturated carbocycles. The third-order valence-corrected chi connectivity index (χ3v) is 7.42. The molecule has 0 unspecified atom stereocenters. The largest absolute Gasteiger partial charge is 0.375 e. The first-order valence-electron chi connectivity index (χ1n) is 8.11. The van der Waals surface area contributed by atoms with Gasteiger partial charge in [-0.05, 0) is 29.3 Å². The molecule has 2 heterocycles. The van der Waals surface area contributed by atoms with Gasteiger partial charge in [0.15, 0.2) is 5.13 Å².